The summed E-state index contributed by atoms with van der Waals surface area (Å²) in [7, 11) is 1.70. The topological polar surface area (TPSA) is 57.4 Å². The summed E-state index contributed by atoms with van der Waals surface area (Å²) in [5.41, 5.74) is 2.53. The molecule has 5 nitrogen and oxygen atoms in total. The van der Waals surface area contributed by atoms with Crippen LogP contribution in [0.25, 0.3) is 10.9 Å². The van der Waals surface area contributed by atoms with Crippen LogP contribution in [0, 0.1) is 0 Å². The van der Waals surface area contributed by atoms with Crippen molar-refractivity contribution in [1.82, 2.24) is 15.2 Å². The molecule has 24 heavy (non-hydrogen) atoms. The van der Waals surface area contributed by atoms with Gasteiger partial charge in [0.2, 0.25) is 5.91 Å². The van der Waals surface area contributed by atoms with Crippen molar-refractivity contribution in [2.45, 2.75) is 32.1 Å². The molecule has 0 saturated carbocycles. The zero-order valence-corrected chi connectivity index (χ0v) is 14.6. The molecule has 1 amide bonds. The number of H-pyrrole nitrogens is 1. The quantitative estimate of drug-likeness (QED) is 0.857. The first-order valence-electron chi connectivity index (χ1n) is 8.85. The number of aromatic amines is 1. The van der Waals surface area contributed by atoms with E-state index in [1.807, 2.05) is 6.07 Å². The molecule has 0 spiro atoms. The van der Waals surface area contributed by atoms with Gasteiger partial charge in [0.25, 0.3) is 0 Å². The monoisotopic (exact) mass is 329 g/mol. The van der Waals surface area contributed by atoms with E-state index in [9.17, 15) is 4.79 Å². The molecule has 0 radical (unpaired) electrons. The van der Waals surface area contributed by atoms with Crippen molar-refractivity contribution in [3.8, 4) is 5.75 Å². The largest absolute Gasteiger partial charge is 0.497 e. The summed E-state index contributed by atoms with van der Waals surface area (Å²) in [6, 6.07) is 6.18. The highest BCUT2D eigenvalue weighted by Gasteiger charge is 2.24. The van der Waals surface area contributed by atoms with Crippen LogP contribution < -0.4 is 10.1 Å². The second kappa shape index (κ2) is 7.71. The Kier molecular flexibility index (Phi) is 5.41. The number of rotatable bonds is 6. The second-order valence-electron chi connectivity index (χ2n) is 6.56. The number of hydrogen-bond donors (Lipinski definition) is 2. The number of hydrogen-bond acceptors (Lipinski definition) is 3. The summed E-state index contributed by atoms with van der Waals surface area (Å²) < 4.78 is 5.36. The average Bonchev–Trinajstić information content (AvgIpc) is 3.03. The summed E-state index contributed by atoms with van der Waals surface area (Å²) in [5.74, 6) is 1.58. The summed E-state index contributed by atoms with van der Waals surface area (Å²) in [6.45, 7) is 5.31. The third-order valence-corrected chi connectivity index (χ3v) is 4.89. The summed E-state index contributed by atoms with van der Waals surface area (Å²) in [4.78, 5) is 17.5. The molecule has 1 aliphatic rings. The number of nitrogens with one attached hydrogen (secondary N) is 2. The fourth-order valence-corrected chi connectivity index (χ4v) is 3.51. The normalized spacial score (nSPS) is 16.4. The maximum atomic E-state index is 11.9. The maximum absolute atomic E-state index is 11.9. The van der Waals surface area contributed by atoms with E-state index in [1.54, 1.807) is 7.11 Å². The number of fused-ring (bicyclic) bond motifs is 1. The molecule has 1 aromatic carbocycles. The van der Waals surface area contributed by atoms with E-state index in [0.717, 1.165) is 50.2 Å². The molecule has 0 aliphatic carbocycles. The van der Waals surface area contributed by atoms with Crippen molar-refractivity contribution in [2.24, 2.45) is 0 Å². The minimum Gasteiger partial charge on any atom is -0.497 e. The number of aromatic nitrogens is 1. The molecule has 2 aromatic rings. The van der Waals surface area contributed by atoms with E-state index in [2.05, 4.69) is 40.5 Å². The Morgan fingerprint density at radius 3 is 2.88 bits per heavy atom. The Balaban J connectivity index is 1.61. The smallest absolute Gasteiger partial charge is 0.234 e. The van der Waals surface area contributed by atoms with Gasteiger partial charge < -0.3 is 15.0 Å². The Morgan fingerprint density at radius 1 is 1.38 bits per heavy atom. The van der Waals surface area contributed by atoms with Crippen LogP contribution in [0.5, 0.6) is 5.75 Å². The molecule has 2 heterocycles. The van der Waals surface area contributed by atoms with Crippen molar-refractivity contribution < 1.29 is 9.53 Å². The molecule has 0 bridgehead atoms. The van der Waals surface area contributed by atoms with Crippen LogP contribution in [0.1, 0.15) is 37.7 Å². The van der Waals surface area contributed by atoms with Crippen LogP contribution in [0.15, 0.2) is 24.4 Å². The lowest BCUT2D eigenvalue weighted by Gasteiger charge is -2.31. The van der Waals surface area contributed by atoms with E-state index >= 15 is 0 Å². The Hall–Kier alpha value is -2.01. The van der Waals surface area contributed by atoms with Crippen LogP contribution in [-0.2, 0) is 4.79 Å². The zero-order chi connectivity index (χ0) is 16.9. The van der Waals surface area contributed by atoms with Crippen molar-refractivity contribution >= 4 is 16.8 Å². The van der Waals surface area contributed by atoms with Crippen LogP contribution in [0.3, 0.4) is 0 Å². The SMILES string of the molecule is CCCNC(=O)CN1CCC(c2c[nH]c3ccc(OC)cc23)CC1. The zero-order valence-electron chi connectivity index (χ0n) is 14.6. The number of ether oxygens (including phenoxy) is 1. The molecular formula is C19H27N3O2. The predicted octanol–water partition coefficient (Wildman–Crippen LogP) is 2.88. The van der Waals surface area contributed by atoms with Gasteiger partial charge in [0.05, 0.1) is 13.7 Å². The lowest BCUT2D eigenvalue weighted by molar-refractivity contribution is -0.122. The predicted molar refractivity (Wildman–Crippen MR) is 96.6 cm³/mol. The Morgan fingerprint density at radius 2 is 2.17 bits per heavy atom. The van der Waals surface area contributed by atoms with Gasteiger partial charge in [0.1, 0.15) is 5.75 Å². The fourth-order valence-electron chi connectivity index (χ4n) is 3.51. The van der Waals surface area contributed by atoms with E-state index in [4.69, 9.17) is 4.74 Å². The Labute approximate surface area is 143 Å². The maximum Gasteiger partial charge on any atom is 0.234 e. The summed E-state index contributed by atoms with van der Waals surface area (Å²) >= 11 is 0. The lowest BCUT2D eigenvalue weighted by Crippen LogP contribution is -2.41. The van der Waals surface area contributed by atoms with Crippen LogP contribution in [-0.4, -0.2) is 49.1 Å². The highest BCUT2D eigenvalue weighted by molar-refractivity contribution is 5.85. The number of carbonyl (C=O) groups excluding carboxylic acids is 1. The van der Waals surface area contributed by atoms with Gasteiger partial charge in [0.15, 0.2) is 0 Å². The van der Waals surface area contributed by atoms with Crippen LogP contribution in [0.2, 0.25) is 0 Å². The molecular weight excluding hydrogens is 302 g/mol. The number of amides is 1. The van der Waals surface area contributed by atoms with E-state index in [1.165, 1.54) is 10.9 Å². The van der Waals surface area contributed by atoms with Crippen molar-refractivity contribution in [3.63, 3.8) is 0 Å². The first kappa shape index (κ1) is 16.8. The minimum absolute atomic E-state index is 0.145. The van der Waals surface area contributed by atoms with Gasteiger partial charge in [-0.3, -0.25) is 9.69 Å². The van der Waals surface area contributed by atoms with Crippen LogP contribution in [0.4, 0.5) is 0 Å². The molecule has 5 heteroatoms. The number of benzene rings is 1. The number of carbonyl (C=O) groups is 1. The third-order valence-electron chi connectivity index (χ3n) is 4.89. The van der Waals surface area contributed by atoms with Crippen molar-refractivity contribution in [1.29, 1.82) is 0 Å². The highest BCUT2D eigenvalue weighted by Crippen LogP contribution is 2.34. The van der Waals surface area contributed by atoms with E-state index in [-0.39, 0.29) is 5.91 Å². The molecule has 130 valence electrons. The molecule has 2 N–H and O–H groups in total. The molecule has 0 unspecified atom stereocenters. The Bertz CT molecular complexity index is 687. The van der Waals surface area contributed by atoms with E-state index < -0.39 is 0 Å². The van der Waals surface area contributed by atoms with Gasteiger partial charge in [-0.05, 0) is 62.0 Å². The molecule has 1 aromatic heterocycles. The minimum atomic E-state index is 0.145. The molecule has 1 saturated heterocycles. The van der Waals surface area contributed by atoms with Crippen LogP contribution >= 0.6 is 0 Å². The molecule has 1 fully saturated rings. The third kappa shape index (κ3) is 3.73. The van der Waals surface area contributed by atoms with Crippen molar-refractivity contribution in [2.75, 3.05) is 33.3 Å². The standard InChI is InChI=1S/C19H27N3O2/c1-3-8-20-19(23)13-22-9-6-14(7-10-22)17-12-21-18-5-4-15(24-2)11-16(17)18/h4-5,11-12,14,21H,3,6-10,13H2,1-2H3,(H,20,23). The highest BCUT2D eigenvalue weighted by atomic mass is 16.5. The number of likely N-dealkylation sites (tertiary alicyclic amines) is 1. The van der Waals surface area contributed by atoms with Gasteiger partial charge in [-0.15, -0.1) is 0 Å². The molecule has 3 rings (SSSR count). The van der Waals surface area contributed by atoms with Gasteiger partial charge in [-0.2, -0.15) is 0 Å². The summed E-state index contributed by atoms with van der Waals surface area (Å²) in [5, 5.41) is 4.21. The van der Waals surface area contributed by atoms with Gasteiger partial charge in [0, 0.05) is 23.6 Å². The first-order chi connectivity index (χ1) is 11.7. The lowest BCUT2D eigenvalue weighted by atomic mass is 9.89. The van der Waals surface area contributed by atoms with Gasteiger partial charge >= 0.3 is 0 Å². The van der Waals surface area contributed by atoms with Gasteiger partial charge in [-0.25, -0.2) is 0 Å². The number of methoxy groups -OCH3 is 1. The fraction of sp³-hybridized carbons (Fsp3) is 0.526. The number of nitrogens with zero attached hydrogens (tertiary/aromatic N) is 1. The molecule has 1 aliphatic heterocycles. The number of piperidine rings is 1. The second-order valence-corrected chi connectivity index (χ2v) is 6.56. The molecule has 0 atom stereocenters. The van der Waals surface area contributed by atoms with Crippen molar-refractivity contribution in [3.05, 3.63) is 30.0 Å². The van der Waals surface area contributed by atoms with E-state index in [0.29, 0.717) is 12.5 Å². The first-order valence-corrected chi connectivity index (χ1v) is 8.85. The van der Waals surface area contributed by atoms with Gasteiger partial charge in [-0.1, -0.05) is 6.92 Å². The average molecular weight is 329 g/mol. The summed E-state index contributed by atoms with van der Waals surface area (Å²) in [6.07, 6.45) is 5.30.